The number of nitrogens with zero attached hydrogens (tertiary/aromatic N) is 2. The highest BCUT2D eigenvalue weighted by atomic mass is 79.9. The SMILES string of the molecule is CCOC(=O)COc1ccc(Br)cc1/C=c1\sc2n(c1=O)[C@H](c1ccc(OCC)cc1)C(C(=O)OCC)=C(C)N=2. The van der Waals surface area contributed by atoms with Crippen LogP contribution in [0.1, 0.15) is 44.9 Å². The van der Waals surface area contributed by atoms with Crippen LogP contribution in [0.15, 0.2) is 68.0 Å². The fourth-order valence-electron chi connectivity index (χ4n) is 4.26. The predicted molar refractivity (Wildman–Crippen MR) is 154 cm³/mol. The van der Waals surface area contributed by atoms with Crippen LogP contribution in [0.4, 0.5) is 0 Å². The first-order valence-corrected chi connectivity index (χ1v) is 14.4. The molecule has 0 amide bonds. The summed E-state index contributed by atoms with van der Waals surface area (Å²) in [5, 5.41) is 0. The number of thiazole rings is 1. The monoisotopic (exact) mass is 628 g/mol. The highest BCUT2D eigenvalue weighted by Gasteiger charge is 2.33. The van der Waals surface area contributed by atoms with Crippen LogP contribution in [0.3, 0.4) is 0 Å². The topological polar surface area (TPSA) is 105 Å². The maximum absolute atomic E-state index is 13.9. The molecular weight excluding hydrogens is 600 g/mol. The Labute approximate surface area is 243 Å². The minimum atomic E-state index is -0.741. The number of esters is 2. The van der Waals surface area contributed by atoms with Crippen molar-refractivity contribution < 1.29 is 28.5 Å². The van der Waals surface area contributed by atoms with Gasteiger partial charge in [-0.2, -0.15) is 0 Å². The molecule has 40 heavy (non-hydrogen) atoms. The van der Waals surface area contributed by atoms with Crippen LogP contribution in [0.2, 0.25) is 0 Å². The fourth-order valence-corrected chi connectivity index (χ4v) is 5.68. The van der Waals surface area contributed by atoms with Crippen molar-refractivity contribution >= 4 is 45.3 Å². The Morgan fingerprint density at radius 2 is 1.75 bits per heavy atom. The van der Waals surface area contributed by atoms with E-state index in [2.05, 4.69) is 20.9 Å². The number of halogens is 1. The lowest BCUT2D eigenvalue weighted by atomic mass is 9.96. The Morgan fingerprint density at radius 1 is 1.02 bits per heavy atom. The second-order valence-electron chi connectivity index (χ2n) is 8.58. The number of carbonyl (C=O) groups is 2. The summed E-state index contributed by atoms with van der Waals surface area (Å²) in [6.07, 6.45) is 1.69. The minimum Gasteiger partial charge on any atom is -0.494 e. The maximum atomic E-state index is 13.9. The minimum absolute atomic E-state index is 0.188. The lowest BCUT2D eigenvalue weighted by Gasteiger charge is -2.24. The van der Waals surface area contributed by atoms with Gasteiger partial charge in [-0.05, 0) is 69.7 Å². The summed E-state index contributed by atoms with van der Waals surface area (Å²) in [7, 11) is 0. The molecule has 1 aromatic heterocycles. The molecule has 3 aromatic rings. The molecule has 2 heterocycles. The summed E-state index contributed by atoms with van der Waals surface area (Å²) in [5.41, 5.74) is 1.75. The molecule has 0 aliphatic carbocycles. The van der Waals surface area contributed by atoms with Crippen molar-refractivity contribution in [1.29, 1.82) is 0 Å². The van der Waals surface area contributed by atoms with Gasteiger partial charge in [-0.3, -0.25) is 9.36 Å². The average Bonchev–Trinajstić information content (AvgIpc) is 3.22. The summed E-state index contributed by atoms with van der Waals surface area (Å²) in [4.78, 5) is 43.9. The number of hydrogen-bond acceptors (Lipinski definition) is 9. The zero-order chi connectivity index (χ0) is 28.8. The Morgan fingerprint density at radius 3 is 2.42 bits per heavy atom. The van der Waals surface area contributed by atoms with Gasteiger partial charge in [0.25, 0.3) is 5.56 Å². The van der Waals surface area contributed by atoms with Gasteiger partial charge < -0.3 is 18.9 Å². The highest BCUT2D eigenvalue weighted by Crippen LogP contribution is 2.32. The van der Waals surface area contributed by atoms with Crippen LogP contribution in [0.5, 0.6) is 11.5 Å². The maximum Gasteiger partial charge on any atom is 0.344 e. The van der Waals surface area contributed by atoms with Gasteiger partial charge in [0.15, 0.2) is 11.4 Å². The van der Waals surface area contributed by atoms with Crippen LogP contribution in [0.25, 0.3) is 6.08 Å². The van der Waals surface area contributed by atoms with Crippen LogP contribution < -0.4 is 24.4 Å². The normalized spacial score (nSPS) is 14.8. The average molecular weight is 630 g/mol. The van der Waals surface area contributed by atoms with Gasteiger partial charge in [0.2, 0.25) is 0 Å². The van der Waals surface area contributed by atoms with Crippen LogP contribution in [0, 0.1) is 0 Å². The number of benzene rings is 2. The van der Waals surface area contributed by atoms with E-state index in [1.54, 1.807) is 45.0 Å². The summed E-state index contributed by atoms with van der Waals surface area (Å²) in [6, 6.07) is 11.8. The molecule has 0 saturated carbocycles. The Balaban J connectivity index is 1.85. The molecule has 1 aliphatic rings. The van der Waals surface area contributed by atoms with Crippen molar-refractivity contribution in [3.05, 3.63) is 89.0 Å². The molecule has 1 aliphatic heterocycles. The first-order valence-electron chi connectivity index (χ1n) is 12.8. The number of ether oxygens (including phenoxy) is 4. The zero-order valence-electron chi connectivity index (χ0n) is 22.6. The zero-order valence-corrected chi connectivity index (χ0v) is 25.0. The Kier molecular flexibility index (Phi) is 9.59. The van der Waals surface area contributed by atoms with Crippen LogP contribution in [-0.4, -0.2) is 42.9 Å². The lowest BCUT2D eigenvalue weighted by molar-refractivity contribution is -0.145. The van der Waals surface area contributed by atoms with Gasteiger partial charge in [0.1, 0.15) is 11.5 Å². The molecule has 210 valence electrons. The van der Waals surface area contributed by atoms with Crippen molar-refractivity contribution in [1.82, 2.24) is 4.57 Å². The number of fused-ring (bicyclic) bond motifs is 1. The predicted octanol–water partition coefficient (Wildman–Crippen LogP) is 3.90. The fraction of sp³-hybridized carbons (Fsp3) is 0.310. The summed E-state index contributed by atoms with van der Waals surface area (Å²) in [5.74, 6) is 0.0715. The van der Waals surface area contributed by atoms with Crippen molar-refractivity contribution in [2.24, 2.45) is 4.99 Å². The molecular formula is C29H29BrN2O7S. The van der Waals surface area contributed by atoms with Crippen molar-refractivity contribution in [3.63, 3.8) is 0 Å². The van der Waals surface area contributed by atoms with E-state index in [1.807, 2.05) is 31.2 Å². The molecule has 0 spiro atoms. The number of aromatic nitrogens is 1. The van der Waals surface area contributed by atoms with Crippen molar-refractivity contribution in [3.8, 4) is 11.5 Å². The summed E-state index contributed by atoms with van der Waals surface area (Å²) in [6.45, 7) is 7.77. The molecule has 0 fully saturated rings. The van der Waals surface area contributed by atoms with Gasteiger partial charge in [0, 0.05) is 10.0 Å². The molecule has 0 saturated heterocycles. The van der Waals surface area contributed by atoms with E-state index < -0.39 is 18.0 Å². The first-order chi connectivity index (χ1) is 19.3. The Hall–Kier alpha value is -3.70. The standard InChI is InChI=1S/C29H29BrN2O7S/c1-5-36-21-11-8-18(9-12-21)26-25(28(35)38-7-3)17(4)31-29-32(26)27(34)23(40-29)15-19-14-20(30)10-13-22(19)39-16-24(33)37-6-2/h8-15,26H,5-7,16H2,1-4H3/b23-15-/t26-/m1/s1. The third kappa shape index (κ3) is 6.37. The summed E-state index contributed by atoms with van der Waals surface area (Å²) < 4.78 is 24.2. The third-order valence-corrected chi connectivity index (χ3v) is 7.41. The first kappa shape index (κ1) is 29.3. The Bertz CT molecular complexity index is 1620. The van der Waals surface area contributed by atoms with Gasteiger partial charge in [-0.15, -0.1) is 0 Å². The van der Waals surface area contributed by atoms with E-state index in [4.69, 9.17) is 18.9 Å². The molecule has 4 rings (SSSR count). The molecule has 0 bridgehead atoms. The van der Waals surface area contributed by atoms with Gasteiger partial charge in [0.05, 0.1) is 41.7 Å². The number of hydrogen-bond donors (Lipinski definition) is 0. The molecule has 1 atom stereocenters. The van der Waals surface area contributed by atoms with Crippen molar-refractivity contribution in [2.45, 2.75) is 33.7 Å². The number of carbonyl (C=O) groups excluding carboxylic acids is 2. The van der Waals surface area contributed by atoms with Crippen LogP contribution >= 0.6 is 27.3 Å². The van der Waals surface area contributed by atoms with E-state index >= 15 is 0 Å². The van der Waals surface area contributed by atoms with Gasteiger partial charge >= 0.3 is 11.9 Å². The largest absolute Gasteiger partial charge is 0.494 e. The molecule has 11 heteroatoms. The highest BCUT2D eigenvalue weighted by molar-refractivity contribution is 9.10. The molecule has 2 aromatic carbocycles. The molecule has 9 nitrogen and oxygen atoms in total. The quantitative estimate of drug-likeness (QED) is 0.314. The molecule has 0 unspecified atom stereocenters. The van der Waals surface area contributed by atoms with Crippen LogP contribution in [-0.2, 0) is 19.1 Å². The lowest BCUT2D eigenvalue weighted by Crippen LogP contribution is -2.39. The molecule has 0 radical (unpaired) electrons. The van der Waals surface area contributed by atoms with E-state index in [0.29, 0.717) is 44.3 Å². The van der Waals surface area contributed by atoms with E-state index in [1.165, 1.54) is 15.9 Å². The number of rotatable bonds is 10. The van der Waals surface area contributed by atoms with Gasteiger partial charge in [-0.1, -0.05) is 39.4 Å². The van der Waals surface area contributed by atoms with E-state index in [9.17, 15) is 14.4 Å². The van der Waals surface area contributed by atoms with Crippen molar-refractivity contribution in [2.75, 3.05) is 26.4 Å². The molecule has 0 N–H and O–H groups in total. The third-order valence-electron chi connectivity index (χ3n) is 5.93. The number of allylic oxidation sites excluding steroid dienone is 1. The smallest absolute Gasteiger partial charge is 0.344 e. The van der Waals surface area contributed by atoms with E-state index in [-0.39, 0.29) is 25.4 Å². The summed E-state index contributed by atoms with van der Waals surface area (Å²) >= 11 is 4.66. The second-order valence-corrected chi connectivity index (χ2v) is 10.5. The second kappa shape index (κ2) is 13.1. The van der Waals surface area contributed by atoms with E-state index in [0.717, 1.165) is 10.0 Å². The van der Waals surface area contributed by atoms with Gasteiger partial charge in [-0.25, -0.2) is 14.6 Å².